The van der Waals surface area contributed by atoms with E-state index in [0.29, 0.717) is 13.1 Å². The zero-order valence-corrected chi connectivity index (χ0v) is 5.53. The molecule has 1 rings (SSSR count). The van der Waals surface area contributed by atoms with Crippen LogP contribution < -0.4 is 11.5 Å². The molecule has 0 saturated carbocycles. The predicted octanol–water partition coefficient (Wildman–Crippen LogP) is -1.37. The van der Waals surface area contributed by atoms with Crippen molar-refractivity contribution in [2.45, 2.75) is 12.1 Å². The van der Waals surface area contributed by atoms with Crippen molar-refractivity contribution in [2.24, 2.45) is 11.5 Å². The molecule has 5 heteroatoms. The molecule has 58 valence electrons. The topological polar surface area (TPSA) is 92.6 Å². The predicted molar refractivity (Wildman–Crippen MR) is 35.5 cm³/mol. The minimum atomic E-state index is -0.941. The van der Waals surface area contributed by atoms with Crippen LogP contribution in [0.1, 0.15) is 0 Å². The normalized spacial score (nSPS) is 32.8. The number of nitrogens with zero attached hydrogens (tertiary/aromatic N) is 1. The summed E-state index contributed by atoms with van der Waals surface area (Å²) < 4.78 is 0. The second-order valence-corrected chi connectivity index (χ2v) is 2.52. The average Bonchev–Trinajstić information content (AvgIpc) is 2.13. The Morgan fingerprint density at radius 2 is 1.80 bits per heavy atom. The molecule has 0 aliphatic carbocycles. The van der Waals surface area contributed by atoms with E-state index in [4.69, 9.17) is 16.6 Å². The molecule has 0 unspecified atom stereocenters. The summed E-state index contributed by atoms with van der Waals surface area (Å²) in [5.74, 6) is 0. The summed E-state index contributed by atoms with van der Waals surface area (Å²) in [6, 6.07) is -0.396. The van der Waals surface area contributed by atoms with E-state index in [2.05, 4.69) is 0 Å². The number of hydrogen-bond acceptors (Lipinski definition) is 3. The molecular weight excluding hydrogens is 134 g/mol. The Bertz CT molecular complexity index is 140. The van der Waals surface area contributed by atoms with Crippen LogP contribution in [-0.2, 0) is 0 Å². The number of likely N-dealkylation sites (tertiary alicyclic amines) is 1. The second-order valence-electron chi connectivity index (χ2n) is 2.52. The molecule has 0 aromatic carbocycles. The maximum Gasteiger partial charge on any atom is 0.407 e. The van der Waals surface area contributed by atoms with Crippen molar-refractivity contribution in [2.75, 3.05) is 13.1 Å². The van der Waals surface area contributed by atoms with Gasteiger partial charge in [0, 0.05) is 25.2 Å². The average molecular weight is 145 g/mol. The summed E-state index contributed by atoms with van der Waals surface area (Å²) in [5.41, 5.74) is 11.0. The van der Waals surface area contributed by atoms with Crippen LogP contribution in [0.15, 0.2) is 0 Å². The van der Waals surface area contributed by atoms with Gasteiger partial charge in [-0.1, -0.05) is 0 Å². The minimum Gasteiger partial charge on any atom is -0.465 e. The Morgan fingerprint density at radius 1 is 1.40 bits per heavy atom. The third kappa shape index (κ3) is 1.19. The van der Waals surface area contributed by atoms with E-state index in [-0.39, 0.29) is 12.1 Å². The minimum absolute atomic E-state index is 0.198. The van der Waals surface area contributed by atoms with Crippen molar-refractivity contribution < 1.29 is 9.90 Å². The van der Waals surface area contributed by atoms with E-state index in [1.165, 1.54) is 4.90 Å². The number of rotatable bonds is 0. The third-order valence-electron chi connectivity index (χ3n) is 1.68. The van der Waals surface area contributed by atoms with Gasteiger partial charge in [-0.15, -0.1) is 0 Å². The SMILES string of the molecule is N[C@@H]1CN(C(=O)O)C[C@@H]1N. The van der Waals surface area contributed by atoms with Gasteiger partial charge in [0.25, 0.3) is 0 Å². The number of carbonyl (C=O) groups is 1. The van der Waals surface area contributed by atoms with E-state index in [1.807, 2.05) is 0 Å². The third-order valence-corrected chi connectivity index (χ3v) is 1.68. The van der Waals surface area contributed by atoms with E-state index >= 15 is 0 Å². The van der Waals surface area contributed by atoms with Gasteiger partial charge in [-0.05, 0) is 0 Å². The Labute approximate surface area is 58.6 Å². The lowest BCUT2D eigenvalue weighted by atomic mass is 10.2. The molecule has 1 aliphatic rings. The fourth-order valence-corrected chi connectivity index (χ4v) is 1.01. The van der Waals surface area contributed by atoms with Gasteiger partial charge >= 0.3 is 6.09 Å². The summed E-state index contributed by atoms with van der Waals surface area (Å²) in [6.45, 7) is 0.715. The molecule has 0 bridgehead atoms. The number of amides is 1. The van der Waals surface area contributed by atoms with Crippen molar-refractivity contribution in [3.05, 3.63) is 0 Å². The van der Waals surface area contributed by atoms with Crippen molar-refractivity contribution in [1.29, 1.82) is 0 Å². The molecule has 0 aromatic rings. The maximum atomic E-state index is 10.3. The smallest absolute Gasteiger partial charge is 0.407 e. The lowest BCUT2D eigenvalue weighted by molar-refractivity contribution is 0.154. The van der Waals surface area contributed by atoms with E-state index in [9.17, 15) is 4.79 Å². The van der Waals surface area contributed by atoms with Crippen LogP contribution in [0.25, 0.3) is 0 Å². The molecule has 0 aromatic heterocycles. The molecule has 5 nitrogen and oxygen atoms in total. The van der Waals surface area contributed by atoms with Crippen LogP contribution in [-0.4, -0.2) is 41.3 Å². The van der Waals surface area contributed by atoms with Crippen molar-refractivity contribution in [3.8, 4) is 0 Å². The van der Waals surface area contributed by atoms with E-state index in [1.54, 1.807) is 0 Å². The molecule has 10 heavy (non-hydrogen) atoms. The number of nitrogens with two attached hydrogens (primary N) is 2. The van der Waals surface area contributed by atoms with Crippen LogP contribution >= 0.6 is 0 Å². The maximum absolute atomic E-state index is 10.3. The number of hydrogen-bond donors (Lipinski definition) is 3. The summed E-state index contributed by atoms with van der Waals surface area (Å²) in [6.07, 6.45) is -0.941. The van der Waals surface area contributed by atoms with Crippen molar-refractivity contribution >= 4 is 6.09 Å². The molecule has 1 heterocycles. The molecule has 5 N–H and O–H groups in total. The van der Waals surface area contributed by atoms with Gasteiger partial charge in [-0.2, -0.15) is 0 Å². The summed E-state index contributed by atoms with van der Waals surface area (Å²) >= 11 is 0. The van der Waals surface area contributed by atoms with Gasteiger partial charge in [-0.25, -0.2) is 4.79 Å². The highest BCUT2D eigenvalue weighted by Crippen LogP contribution is 2.05. The lowest BCUT2D eigenvalue weighted by Gasteiger charge is -2.08. The molecule has 1 amide bonds. The van der Waals surface area contributed by atoms with Crippen LogP contribution in [0, 0.1) is 0 Å². The van der Waals surface area contributed by atoms with Gasteiger partial charge in [0.15, 0.2) is 0 Å². The Morgan fingerprint density at radius 3 is 2.00 bits per heavy atom. The monoisotopic (exact) mass is 145 g/mol. The number of carboxylic acid groups (broad SMARTS) is 1. The van der Waals surface area contributed by atoms with E-state index < -0.39 is 6.09 Å². The fourth-order valence-electron chi connectivity index (χ4n) is 1.01. The van der Waals surface area contributed by atoms with Crippen LogP contribution in [0.4, 0.5) is 4.79 Å². The quantitative estimate of drug-likeness (QED) is 0.392. The summed E-state index contributed by atoms with van der Waals surface area (Å²) in [5, 5.41) is 8.46. The summed E-state index contributed by atoms with van der Waals surface area (Å²) in [7, 11) is 0. The first-order chi connectivity index (χ1) is 4.61. The van der Waals surface area contributed by atoms with Gasteiger partial charge in [0.05, 0.1) is 0 Å². The highest BCUT2D eigenvalue weighted by atomic mass is 16.4. The Hall–Kier alpha value is -0.810. The largest absolute Gasteiger partial charge is 0.465 e. The molecule has 1 fully saturated rings. The van der Waals surface area contributed by atoms with Crippen molar-refractivity contribution in [1.82, 2.24) is 4.90 Å². The van der Waals surface area contributed by atoms with E-state index in [0.717, 1.165) is 0 Å². The highest BCUT2D eigenvalue weighted by Gasteiger charge is 2.29. The molecule has 0 spiro atoms. The van der Waals surface area contributed by atoms with Gasteiger partial charge in [-0.3, -0.25) is 0 Å². The Kier molecular flexibility index (Phi) is 1.78. The van der Waals surface area contributed by atoms with Crippen LogP contribution in [0.5, 0.6) is 0 Å². The highest BCUT2D eigenvalue weighted by molar-refractivity contribution is 5.65. The standard InChI is InChI=1S/C5H11N3O2/c6-3-1-8(5(9)10)2-4(3)7/h3-4H,1-2,6-7H2,(H,9,10)/t3-,4+. The van der Waals surface area contributed by atoms with Gasteiger partial charge in [0.2, 0.25) is 0 Å². The fraction of sp³-hybridized carbons (Fsp3) is 0.800. The van der Waals surface area contributed by atoms with Gasteiger partial charge < -0.3 is 21.5 Å². The first kappa shape index (κ1) is 7.30. The Balaban J connectivity index is 2.49. The van der Waals surface area contributed by atoms with Gasteiger partial charge in [0.1, 0.15) is 0 Å². The molecule has 1 aliphatic heterocycles. The van der Waals surface area contributed by atoms with Crippen LogP contribution in [0.3, 0.4) is 0 Å². The molecule has 1 saturated heterocycles. The first-order valence-corrected chi connectivity index (χ1v) is 3.10. The molecule has 2 atom stereocenters. The van der Waals surface area contributed by atoms with Crippen molar-refractivity contribution in [3.63, 3.8) is 0 Å². The zero-order valence-electron chi connectivity index (χ0n) is 5.53. The second kappa shape index (κ2) is 2.43. The van der Waals surface area contributed by atoms with Crippen LogP contribution in [0.2, 0.25) is 0 Å². The molecule has 0 radical (unpaired) electrons. The first-order valence-electron chi connectivity index (χ1n) is 3.10. The zero-order chi connectivity index (χ0) is 7.72. The summed E-state index contributed by atoms with van der Waals surface area (Å²) in [4.78, 5) is 11.5. The lowest BCUT2D eigenvalue weighted by Crippen LogP contribution is -2.39. The molecular formula is C5H11N3O2.